The minimum absolute atomic E-state index is 0.0529. The van der Waals surface area contributed by atoms with Crippen molar-refractivity contribution in [2.45, 2.75) is 25.1 Å². The number of nitrogens with two attached hydrogens (primary N) is 1. The van der Waals surface area contributed by atoms with E-state index in [2.05, 4.69) is 20.0 Å². The summed E-state index contributed by atoms with van der Waals surface area (Å²) >= 11 is 0. The average Bonchev–Trinajstić information content (AvgIpc) is 2.99. The molecule has 11 heteroatoms. The third-order valence-corrected chi connectivity index (χ3v) is 3.17. The van der Waals surface area contributed by atoms with Gasteiger partial charge in [0.2, 0.25) is 5.91 Å². The van der Waals surface area contributed by atoms with E-state index >= 15 is 0 Å². The second kappa shape index (κ2) is 7.92. The summed E-state index contributed by atoms with van der Waals surface area (Å²) < 4.78 is 42.4. The molecule has 0 saturated heterocycles. The Labute approximate surface area is 140 Å². The molecule has 25 heavy (non-hydrogen) atoms. The summed E-state index contributed by atoms with van der Waals surface area (Å²) in [7, 11) is 0. The number of ether oxygens (including phenoxy) is 1. The van der Waals surface area contributed by atoms with Crippen molar-refractivity contribution in [1.29, 1.82) is 0 Å². The predicted molar refractivity (Wildman–Crippen MR) is 78.5 cm³/mol. The average molecular weight is 359 g/mol. The maximum Gasteiger partial charge on any atom is 0.422 e. The van der Waals surface area contributed by atoms with Crippen LogP contribution < -0.4 is 10.5 Å². The molecule has 0 spiro atoms. The summed E-state index contributed by atoms with van der Waals surface area (Å²) in [6.45, 7) is -1.32. The Balaban J connectivity index is 2.18. The second-order valence-corrected chi connectivity index (χ2v) is 5.18. The number of aliphatic hydroxyl groups excluding tert-OH is 1. The number of carbonyl (C=O) groups excluding carboxylic acids is 1. The van der Waals surface area contributed by atoms with Crippen LogP contribution in [0.4, 0.5) is 13.2 Å². The van der Waals surface area contributed by atoms with Gasteiger partial charge >= 0.3 is 6.18 Å². The summed E-state index contributed by atoms with van der Waals surface area (Å²) in [5, 5.41) is 16.6. The minimum atomic E-state index is -4.45. The number of primary amides is 1. The quantitative estimate of drug-likeness (QED) is 0.714. The number of carbonyl (C=O) groups is 1. The number of halogens is 3. The molecule has 8 nitrogen and oxygen atoms in total. The molecule has 2 rings (SSSR count). The zero-order valence-corrected chi connectivity index (χ0v) is 13.0. The van der Waals surface area contributed by atoms with Crippen LogP contribution in [-0.4, -0.2) is 50.4 Å². The zero-order chi connectivity index (χ0) is 18.4. The van der Waals surface area contributed by atoms with E-state index in [1.807, 2.05) is 0 Å². The van der Waals surface area contributed by atoms with Crippen molar-refractivity contribution in [3.05, 3.63) is 35.9 Å². The van der Waals surface area contributed by atoms with E-state index in [0.717, 1.165) is 6.20 Å². The number of aliphatic hydroxyl groups is 1. The number of hydrogen-bond acceptors (Lipinski definition) is 6. The first kappa shape index (κ1) is 18.6. The fourth-order valence-corrected chi connectivity index (χ4v) is 2.10. The molecule has 2 aromatic heterocycles. The predicted octanol–water partition coefficient (Wildman–Crippen LogP) is 0.614. The molecule has 0 aliphatic carbocycles. The number of alkyl halides is 3. The second-order valence-electron chi connectivity index (χ2n) is 5.18. The zero-order valence-electron chi connectivity index (χ0n) is 13.0. The number of hydrogen-bond donors (Lipinski definition) is 2. The SMILES string of the molecule is NC(=O)C[C@H](c1ccc(OCC(F)(F)F)cn1)c1cn(CCO)nn1. The molecule has 0 aliphatic rings. The summed E-state index contributed by atoms with van der Waals surface area (Å²) in [6.07, 6.45) is -1.88. The summed E-state index contributed by atoms with van der Waals surface area (Å²) in [5.41, 5.74) is 6.04. The molecule has 2 heterocycles. The fourth-order valence-electron chi connectivity index (χ4n) is 2.10. The van der Waals surface area contributed by atoms with Crippen LogP contribution in [0.1, 0.15) is 23.7 Å². The lowest BCUT2D eigenvalue weighted by Crippen LogP contribution is -2.19. The van der Waals surface area contributed by atoms with E-state index in [9.17, 15) is 18.0 Å². The molecular weight excluding hydrogens is 343 g/mol. The maximum absolute atomic E-state index is 12.1. The molecule has 136 valence electrons. The van der Waals surface area contributed by atoms with Crippen molar-refractivity contribution >= 4 is 5.91 Å². The number of amides is 1. The van der Waals surface area contributed by atoms with E-state index in [-0.39, 0.29) is 25.3 Å². The van der Waals surface area contributed by atoms with E-state index < -0.39 is 24.6 Å². The van der Waals surface area contributed by atoms with E-state index in [0.29, 0.717) is 11.4 Å². The van der Waals surface area contributed by atoms with Crippen LogP contribution in [-0.2, 0) is 11.3 Å². The highest BCUT2D eigenvalue weighted by Gasteiger charge is 2.28. The smallest absolute Gasteiger partial charge is 0.422 e. The monoisotopic (exact) mass is 359 g/mol. The van der Waals surface area contributed by atoms with Crippen LogP contribution in [0.5, 0.6) is 5.75 Å². The molecular formula is C14H16F3N5O3. The lowest BCUT2D eigenvalue weighted by atomic mass is 9.97. The molecule has 0 fully saturated rings. The molecule has 0 aromatic carbocycles. The van der Waals surface area contributed by atoms with Gasteiger partial charge in [-0.3, -0.25) is 9.78 Å². The lowest BCUT2D eigenvalue weighted by molar-refractivity contribution is -0.153. The van der Waals surface area contributed by atoms with E-state index in [4.69, 9.17) is 10.8 Å². The highest BCUT2D eigenvalue weighted by Crippen LogP contribution is 2.26. The van der Waals surface area contributed by atoms with Crippen molar-refractivity contribution in [2.75, 3.05) is 13.2 Å². The molecule has 0 unspecified atom stereocenters. The highest BCUT2D eigenvalue weighted by atomic mass is 19.4. The van der Waals surface area contributed by atoms with Crippen LogP contribution in [0.2, 0.25) is 0 Å². The molecule has 0 aliphatic heterocycles. The maximum atomic E-state index is 12.1. The third kappa shape index (κ3) is 5.71. The van der Waals surface area contributed by atoms with Gasteiger partial charge in [-0.25, -0.2) is 4.68 Å². The summed E-state index contributed by atoms with van der Waals surface area (Å²) in [4.78, 5) is 15.4. The Morgan fingerprint density at radius 1 is 1.36 bits per heavy atom. The minimum Gasteiger partial charge on any atom is -0.483 e. The van der Waals surface area contributed by atoms with Gasteiger partial charge in [-0.15, -0.1) is 5.10 Å². The number of pyridine rings is 1. The van der Waals surface area contributed by atoms with Crippen molar-refractivity contribution in [2.24, 2.45) is 5.73 Å². The molecule has 0 bridgehead atoms. The topological polar surface area (TPSA) is 116 Å². The number of aromatic nitrogens is 4. The van der Waals surface area contributed by atoms with Gasteiger partial charge in [-0.1, -0.05) is 5.21 Å². The van der Waals surface area contributed by atoms with Crippen LogP contribution in [0, 0.1) is 0 Å². The largest absolute Gasteiger partial charge is 0.483 e. The molecule has 3 N–H and O–H groups in total. The van der Waals surface area contributed by atoms with Crippen LogP contribution in [0.3, 0.4) is 0 Å². The molecule has 1 atom stereocenters. The van der Waals surface area contributed by atoms with Gasteiger partial charge in [0.25, 0.3) is 0 Å². The summed E-state index contributed by atoms with van der Waals surface area (Å²) in [6, 6.07) is 2.75. The van der Waals surface area contributed by atoms with Gasteiger partial charge in [0.05, 0.1) is 36.7 Å². The van der Waals surface area contributed by atoms with Crippen molar-refractivity contribution in [3.8, 4) is 5.75 Å². The van der Waals surface area contributed by atoms with Gasteiger partial charge in [-0.2, -0.15) is 13.2 Å². The van der Waals surface area contributed by atoms with E-state index in [1.165, 1.54) is 16.8 Å². The first-order valence-electron chi connectivity index (χ1n) is 7.23. The first-order valence-corrected chi connectivity index (χ1v) is 7.23. The van der Waals surface area contributed by atoms with Crippen LogP contribution in [0.25, 0.3) is 0 Å². The Morgan fingerprint density at radius 2 is 2.12 bits per heavy atom. The molecule has 1 amide bonds. The fraction of sp³-hybridized carbons (Fsp3) is 0.429. The van der Waals surface area contributed by atoms with Gasteiger partial charge in [0, 0.05) is 12.6 Å². The Morgan fingerprint density at radius 3 is 2.68 bits per heavy atom. The van der Waals surface area contributed by atoms with Crippen LogP contribution in [0.15, 0.2) is 24.5 Å². The Kier molecular flexibility index (Phi) is 5.91. The molecule has 0 radical (unpaired) electrons. The third-order valence-electron chi connectivity index (χ3n) is 3.17. The van der Waals surface area contributed by atoms with E-state index in [1.54, 1.807) is 6.20 Å². The van der Waals surface area contributed by atoms with Crippen molar-refractivity contribution < 1.29 is 27.8 Å². The lowest BCUT2D eigenvalue weighted by Gasteiger charge is -2.13. The van der Waals surface area contributed by atoms with Crippen molar-refractivity contribution in [3.63, 3.8) is 0 Å². The normalized spacial score (nSPS) is 12.8. The first-order chi connectivity index (χ1) is 11.8. The standard InChI is InChI=1S/C14H16F3N5O3/c15-14(16,17)8-25-9-1-2-11(19-6-9)10(5-13(18)24)12-7-22(3-4-23)21-20-12/h1-2,6-7,10,23H,3-5,8H2,(H2,18,24)/t10-/m1/s1. The van der Waals surface area contributed by atoms with Crippen molar-refractivity contribution in [1.82, 2.24) is 20.0 Å². The Hall–Kier alpha value is -2.69. The molecule has 2 aromatic rings. The highest BCUT2D eigenvalue weighted by molar-refractivity contribution is 5.75. The van der Waals surface area contributed by atoms with Gasteiger partial charge < -0.3 is 15.6 Å². The van der Waals surface area contributed by atoms with Crippen LogP contribution >= 0.6 is 0 Å². The van der Waals surface area contributed by atoms with Gasteiger partial charge in [0.1, 0.15) is 5.75 Å². The Bertz CT molecular complexity index is 702. The van der Waals surface area contributed by atoms with Gasteiger partial charge in [0.15, 0.2) is 6.61 Å². The summed E-state index contributed by atoms with van der Waals surface area (Å²) in [5.74, 6) is -1.26. The number of rotatable bonds is 8. The molecule has 0 saturated carbocycles. The number of nitrogens with zero attached hydrogens (tertiary/aromatic N) is 4. The van der Waals surface area contributed by atoms with Gasteiger partial charge in [-0.05, 0) is 12.1 Å².